The molecule has 5 nitrogen and oxygen atoms in total. The van der Waals surface area contributed by atoms with Gasteiger partial charge in [-0.15, -0.1) is 11.3 Å². The topological polar surface area (TPSA) is 99.1 Å². The highest BCUT2D eigenvalue weighted by atomic mass is 32.1. The molecule has 0 saturated heterocycles. The molecule has 6 heteroatoms. The van der Waals surface area contributed by atoms with Gasteiger partial charge in [-0.05, 0) is 17.5 Å². The molecular weight excluding hydrogens is 274 g/mol. The Hall–Kier alpha value is -2.05. The molecule has 1 heterocycles. The SMILES string of the molecule is NCc1ccc(CCC(=O)c2nc(C(N)=O)cs2)cc1. The summed E-state index contributed by atoms with van der Waals surface area (Å²) in [5.41, 5.74) is 12.9. The van der Waals surface area contributed by atoms with Crippen molar-refractivity contribution in [3.63, 3.8) is 0 Å². The Kier molecular flexibility index (Phi) is 4.60. The van der Waals surface area contributed by atoms with Crippen LogP contribution in [-0.2, 0) is 13.0 Å². The first-order valence-electron chi connectivity index (χ1n) is 6.16. The lowest BCUT2D eigenvalue weighted by Crippen LogP contribution is -2.12. The van der Waals surface area contributed by atoms with Gasteiger partial charge in [-0.25, -0.2) is 4.98 Å². The molecule has 2 rings (SSSR count). The van der Waals surface area contributed by atoms with Gasteiger partial charge in [-0.1, -0.05) is 24.3 Å². The van der Waals surface area contributed by atoms with Crippen molar-refractivity contribution < 1.29 is 9.59 Å². The number of Topliss-reactive ketones (excluding diaryl/α,β-unsaturated/α-hetero) is 1. The molecule has 0 aliphatic heterocycles. The number of thiazole rings is 1. The summed E-state index contributed by atoms with van der Waals surface area (Å²) in [5, 5.41) is 1.84. The van der Waals surface area contributed by atoms with E-state index in [-0.39, 0.29) is 11.5 Å². The van der Waals surface area contributed by atoms with E-state index in [2.05, 4.69) is 4.98 Å². The van der Waals surface area contributed by atoms with E-state index in [1.54, 1.807) is 0 Å². The average molecular weight is 289 g/mol. The maximum absolute atomic E-state index is 12.0. The number of aromatic nitrogens is 1. The molecule has 20 heavy (non-hydrogen) atoms. The first-order valence-corrected chi connectivity index (χ1v) is 7.04. The van der Waals surface area contributed by atoms with Crippen LogP contribution in [-0.4, -0.2) is 16.7 Å². The minimum absolute atomic E-state index is 0.0783. The number of nitrogens with zero attached hydrogens (tertiary/aromatic N) is 1. The molecule has 104 valence electrons. The second-order valence-corrected chi connectivity index (χ2v) is 5.20. The Morgan fingerprint density at radius 2 is 1.80 bits per heavy atom. The third-order valence-corrected chi connectivity index (χ3v) is 3.78. The Morgan fingerprint density at radius 1 is 1.15 bits per heavy atom. The van der Waals surface area contributed by atoms with Crippen LogP contribution in [0.4, 0.5) is 0 Å². The van der Waals surface area contributed by atoms with Crippen molar-refractivity contribution >= 4 is 23.0 Å². The Labute approximate surface area is 120 Å². The number of rotatable bonds is 6. The third kappa shape index (κ3) is 3.49. The van der Waals surface area contributed by atoms with Crippen LogP contribution in [0.5, 0.6) is 0 Å². The summed E-state index contributed by atoms with van der Waals surface area (Å²) in [4.78, 5) is 26.8. The van der Waals surface area contributed by atoms with E-state index < -0.39 is 5.91 Å². The van der Waals surface area contributed by atoms with Crippen molar-refractivity contribution in [3.8, 4) is 0 Å². The van der Waals surface area contributed by atoms with E-state index in [0.29, 0.717) is 24.4 Å². The van der Waals surface area contributed by atoms with Gasteiger partial charge in [0.25, 0.3) is 5.91 Å². The number of hydrogen-bond acceptors (Lipinski definition) is 5. The third-order valence-electron chi connectivity index (χ3n) is 2.89. The van der Waals surface area contributed by atoms with Gasteiger partial charge in [0, 0.05) is 18.3 Å². The molecule has 1 aromatic carbocycles. The molecule has 0 fully saturated rings. The Morgan fingerprint density at radius 3 is 2.35 bits per heavy atom. The van der Waals surface area contributed by atoms with E-state index >= 15 is 0 Å². The number of nitrogens with two attached hydrogens (primary N) is 2. The average Bonchev–Trinajstić information content (AvgIpc) is 2.95. The lowest BCUT2D eigenvalue weighted by Gasteiger charge is -2.01. The second-order valence-electron chi connectivity index (χ2n) is 4.35. The van der Waals surface area contributed by atoms with Gasteiger partial charge in [0.2, 0.25) is 0 Å². The van der Waals surface area contributed by atoms with Crippen molar-refractivity contribution in [1.82, 2.24) is 4.98 Å². The Bertz CT molecular complexity index is 620. The molecule has 0 aliphatic carbocycles. The van der Waals surface area contributed by atoms with Gasteiger partial charge in [-0.3, -0.25) is 9.59 Å². The summed E-state index contributed by atoms with van der Waals surface area (Å²) >= 11 is 1.15. The summed E-state index contributed by atoms with van der Waals surface area (Å²) in [6, 6.07) is 7.83. The zero-order chi connectivity index (χ0) is 14.5. The molecule has 0 saturated carbocycles. The van der Waals surface area contributed by atoms with Crippen LogP contribution in [0.1, 0.15) is 37.8 Å². The number of benzene rings is 1. The number of amides is 1. The molecule has 1 aromatic heterocycles. The van der Waals surface area contributed by atoms with Gasteiger partial charge >= 0.3 is 0 Å². The molecular formula is C14H15N3O2S. The molecule has 4 N–H and O–H groups in total. The van der Waals surface area contributed by atoms with Crippen molar-refractivity contribution in [3.05, 3.63) is 51.5 Å². The lowest BCUT2D eigenvalue weighted by atomic mass is 10.1. The zero-order valence-electron chi connectivity index (χ0n) is 10.8. The van der Waals surface area contributed by atoms with E-state index in [9.17, 15) is 9.59 Å². The van der Waals surface area contributed by atoms with E-state index in [1.807, 2.05) is 24.3 Å². The van der Waals surface area contributed by atoms with Crippen molar-refractivity contribution in [1.29, 1.82) is 0 Å². The fourth-order valence-electron chi connectivity index (χ4n) is 1.72. The number of ketones is 1. The van der Waals surface area contributed by atoms with Crippen LogP contribution in [0, 0.1) is 0 Å². The van der Waals surface area contributed by atoms with Crippen LogP contribution >= 0.6 is 11.3 Å². The van der Waals surface area contributed by atoms with Crippen molar-refractivity contribution in [2.75, 3.05) is 0 Å². The number of aryl methyl sites for hydroxylation is 1. The highest BCUT2D eigenvalue weighted by Gasteiger charge is 2.13. The molecule has 0 spiro atoms. The zero-order valence-corrected chi connectivity index (χ0v) is 11.7. The summed E-state index contributed by atoms with van der Waals surface area (Å²) in [6.07, 6.45) is 0.989. The minimum atomic E-state index is -0.613. The monoisotopic (exact) mass is 289 g/mol. The summed E-state index contributed by atoms with van der Waals surface area (Å²) in [5.74, 6) is -0.692. The van der Waals surface area contributed by atoms with Crippen LogP contribution < -0.4 is 11.5 Å². The van der Waals surface area contributed by atoms with Gasteiger partial charge in [0.15, 0.2) is 10.8 Å². The summed E-state index contributed by atoms with van der Waals surface area (Å²) in [7, 11) is 0. The number of primary amides is 1. The van der Waals surface area contributed by atoms with E-state index in [0.717, 1.165) is 22.5 Å². The molecule has 0 atom stereocenters. The largest absolute Gasteiger partial charge is 0.364 e. The number of hydrogen-bond donors (Lipinski definition) is 2. The molecule has 0 unspecified atom stereocenters. The van der Waals surface area contributed by atoms with Gasteiger partial charge in [-0.2, -0.15) is 0 Å². The fraction of sp³-hybridized carbons (Fsp3) is 0.214. The quantitative estimate of drug-likeness (QED) is 0.787. The predicted octanol–water partition coefficient (Wildman–Crippen LogP) is 1.52. The second kappa shape index (κ2) is 6.40. The maximum Gasteiger partial charge on any atom is 0.268 e. The standard InChI is InChI=1S/C14H15N3O2S/c15-7-10-3-1-9(2-4-10)5-6-12(18)14-17-11(8-20-14)13(16)19/h1-4,8H,5-7,15H2,(H2,16,19). The van der Waals surface area contributed by atoms with E-state index in [1.165, 1.54) is 5.38 Å². The predicted molar refractivity (Wildman–Crippen MR) is 77.6 cm³/mol. The maximum atomic E-state index is 12.0. The number of carbonyl (C=O) groups is 2. The fourth-order valence-corrected chi connectivity index (χ4v) is 2.50. The van der Waals surface area contributed by atoms with Crippen molar-refractivity contribution in [2.24, 2.45) is 11.5 Å². The lowest BCUT2D eigenvalue weighted by molar-refractivity contribution is 0.0982. The molecule has 2 aromatic rings. The first kappa shape index (κ1) is 14.4. The molecule has 0 bridgehead atoms. The normalized spacial score (nSPS) is 10.4. The summed E-state index contributed by atoms with van der Waals surface area (Å²) < 4.78 is 0. The van der Waals surface area contributed by atoms with Crippen LogP contribution in [0.3, 0.4) is 0 Å². The van der Waals surface area contributed by atoms with Gasteiger partial charge in [0.1, 0.15) is 5.69 Å². The highest BCUT2D eigenvalue weighted by Crippen LogP contribution is 2.14. The van der Waals surface area contributed by atoms with E-state index in [4.69, 9.17) is 11.5 Å². The van der Waals surface area contributed by atoms with Crippen LogP contribution in [0.2, 0.25) is 0 Å². The molecule has 1 amide bonds. The summed E-state index contributed by atoms with van der Waals surface area (Å²) in [6.45, 7) is 0.508. The van der Waals surface area contributed by atoms with Crippen LogP contribution in [0.25, 0.3) is 0 Å². The highest BCUT2D eigenvalue weighted by molar-refractivity contribution is 7.11. The van der Waals surface area contributed by atoms with Crippen LogP contribution in [0.15, 0.2) is 29.6 Å². The smallest absolute Gasteiger partial charge is 0.268 e. The molecule has 0 aliphatic rings. The van der Waals surface area contributed by atoms with Gasteiger partial charge < -0.3 is 11.5 Å². The molecule has 0 radical (unpaired) electrons. The number of carbonyl (C=O) groups excluding carboxylic acids is 2. The minimum Gasteiger partial charge on any atom is -0.364 e. The first-order chi connectivity index (χ1) is 9.60. The Balaban J connectivity index is 1.95. The van der Waals surface area contributed by atoms with Gasteiger partial charge in [0.05, 0.1) is 0 Å². The van der Waals surface area contributed by atoms with Crippen molar-refractivity contribution in [2.45, 2.75) is 19.4 Å².